The number of ether oxygens (including phenoxy) is 2. The number of carbonyl (C=O) groups is 3. The number of benzene rings is 1. The van der Waals surface area contributed by atoms with Crippen molar-refractivity contribution in [2.75, 3.05) is 19.8 Å². The number of carbonyl (C=O) groups excluding carboxylic acids is 3. The molecule has 2 aliphatic rings. The second-order valence-electron chi connectivity index (χ2n) is 8.15. The van der Waals surface area contributed by atoms with E-state index in [1.807, 2.05) is 27.7 Å². The van der Waals surface area contributed by atoms with Crippen LogP contribution in [0.3, 0.4) is 0 Å². The van der Waals surface area contributed by atoms with E-state index >= 15 is 0 Å². The van der Waals surface area contributed by atoms with E-state index in [0.29, 0.717) is 30.3 Å². The summed E-state index contributed by atoms with van der Waals surface area (Å²) in [5.74, 6) is 0.436. The maximum absolute atomic E-state index is 13.2. The first-order valence-corrected chi connectivity index (χ1v) is 10.0. The van der Waals surface area contributed by atoms with Crippen LogP contribution in [0.4, 0.5) is 4.79 Å². The van der Waals surface area contributed by atoms with Gasteiger partial charge in [0.05, 0.1) is 13.2 Å². The summed E-state index contributed by atoms with van der Waals surface area (Å²) in [6.07, 6.45) is 0.773. The number of amides is 4. The largest absolute Gasteiger partial charge is 0.490 e. The lowest BCUT2D eigenvalue weighted by molar-refractivity contribution is -0.141. The van der Waals surface area contributed by atoms with Crippen LogP contribution in [0.1, 0.15) is 46.6 Å². The predicted octanol–water partition coefficient (Wildman–Crippen LogP) is 2.26. The Balaban J connectivity index is 1.84. The lowest BCUT2D eigenvalue weighted by Crippen LogP contribution is -2.49. The quantitative estimate of drug-likeness (QED) is 0.762. The molecule has 1 unspecified atom stereocenters. The van der Waals surface area contributed by atoms with Crippen LogP contribution in [0.2, 0.25) is 0 Å². The van der Waals surface area contributed by atoms with Gasteiger partial charge in [-0.1, -0.05) is 6.07 Å². The minimum absolute atomic E-state index is 0.0311. The molecule has 3 rings (SSSR count). The van der Waals surface area contributed by atoms with Crippen LogP contribution in [0.15, 0.2) is 18.2 Å². The normalized spacial score (nSPS) is 21.4. The Morgan fingerprint density at radius 1 is 1.14 bits per heavy atom. The number of hydrogen-bond acceptors (Lipinski definition) is 5. The van der Waals surface area contributed by atoms with Gasteiger partial charge in [-0.2, -0.15) is 0 Å². The summed E-state index contributed by atoms with van der Waals surface area (Å²) in [5.41, 5.74) is -0.692. The van der Waals surface area contributed by atoms with Crippen LogP contribution in [0, 0.1) is 0 Å². The van der Waals surface area contributed by atoms with E-state index in [4.69, 9.17) is 9.47 Å². The smallest absolute Gasteiger partial charge is 0.325 e. The van der Waals surface area contributed by atoms with Crippen molar-refractivity contribution in [1.29, 1.82) is 0 Å². The monoisotopic (exact) mass is 403 g/mol. The number of nitrogens with zero attached hydrogens (tertiary/aromatic N) is 2. The second-order valence-corrected chi connectivity index (χ2v) is 8.15. The maximum Gasteiger partial charge on any atom is 0.325 e. The van der Waals surface area contributed by atoms with Crippen molar-refractivity contribution in [2.45, 2.75) is 58.7 Å². The summed E-state index contributed by atoms with van der Waals surface area (Å²) < 4.78 is 11.3. The molecule has 1 atom stereocenters. The molecule has 0 aliphatic carbocycles. The van der Waals surface area contributed by atoms with Gasteiger partial charge in [0.1, 0.15) is 12.1 Å². The third-order valence-electron chi connectivity index (χ3n) is 5.29. The standard InChI is InChI=1S/C21H29N3O5/c1-13(2)24(14(3)4)18(25)12-23-19(26)21(5,22-20(23)27)15-7-8-16-17(11-15)29-10-6-9-28-16/h7-8,11,13-14H,6,9-10,12H2,1-5H3,(H,22,27). The van der Waals surface area contributed by atoms with Gasteiger partial charge >= 0.3 is 6.03 Å². The molecule has 0 saturated carbocycles. The summed E-state index contributed by atoms with van der Waals surface area (Å²) in [5, 5.41) is 2.74. The van der Waals surface area contributed by atoms with Crippen LogP contribution < -0.4 is 14.8 Å². The van der Waals surface area contributed by atoms with E-state index in [0.717, 1.165) is 11.3 Å². The highest BCUT2D eigenvalue weighted by Gasteiger charge is 2.50. The average Bonchev–Trinajstić information content (AvgIpc) is 2.82. The van der Waals surface area contributed by atoms with Crippen molar-refractivity contribution in [1.82, 2.24) is 15.1 Å². The number of fused-ring (bicyclic) bond motifs is 1. The fourth-order valence-electron chi connectivity index (χ4n) is 3.90. The molecule has 29 heavy (non-hydrogen) atoms. The molecule has 8 heteroatoms. The van der Waals surface area contributed by atoms with Crippen LogP contribution in [-0.4, -0.2) is 59.5 Å². The highest BCUT2D eigenvalue weighted by molar-refractivity contribution is 6.09. The van der Waals surface area contributed by atoms with E-state index in [1.165, 1.54) is 0 Å². The Morgan fingerprint density at radius 3 is 2.38 bits per heavy atom. The molecule has 1 saturated heterocycles. The predicted molar refractivity (Wildman–Crippen MR) is 107 cm³/mol. The minimum atomic E-state index is -1.28. The molecule has 4 amide bonds. The van der Waals surface area contributed by atoms with E-state index in [-0.39, 0.29) is 24.5 Å². The lowest BCUT2D eigenvalue weighted by atomic mass is 9.91. The molecule has 158 valence electrons. The summed E-state index contributed by atoms with van der Waals surface area (Å²) in [6.45, 7) is 10.1. The molecular formula is C21H29N3O5. The van der Waals surface area contributed by atoms with Crippen molar-refractivity contribution in [3.05, 3.63) is 23.8 Å². The van der Waals surface area contributed by atoms with Gasteiger partial charge in [0.2, 0.25) is 5.91 Å². The van der Waals surface area contributed by atoms with Crippen molar-refractivity contribution in [3.8, 4) is 11.5 Å². The van der Waals surface area contributed by atoms with E-state index in [1.54, 1.807) is 30.0 Å². The highest BCUT2D eigenvalue weighted by Crippen LogP contribution is 2.36. The van der Waals surface area contributed by atoms with Gasteiger partial charge in [-0.15, -0.1) is 0 Å². The molecule has 8 nitrogen and oxygen atoms in total. The van der Waals surface area contributed by atoms with Gasteiger partial charge in [0, 0.05) is 18.5 Å². The van der Waals surface area contributed by atoms with Gasteiger partial charge in [0.15, 0.2) is 11.5 Å². The lowest BCUT2D eigenvalue weighted by Gasteiger charge is -2.32. The molecule has 1 N–H and O–H groups in total. The fraction of sp³-hybridized carbons (Fsp3) is 0.571. The maximum atomic E-state index is 13.2. The SMILES string of the molecule is CC(C)N(C(=O)CN1C(=O)NC(C)(c2ccc3c(c2)OCCCO3)C1=O)C(C)C. The van der Waals surface area contributed by atoms with Gasteiger partial charge < -0.3 is 19.7 Å². The Kier molecular flexibility index (Phi) is 5.73. The molecular weight excluding hydrogens is 374 g/mol. The molecule has 1 aromatic carbocycles. The zero-order valence-corrected chi connectivity index (χ0v) is 17.7. The first-order valence-electron chi connectivity index (χ1n) is 10.0. The van der Waals surface area contributed by atoms with E-state index < -0.39 is 17.5 Å². The highest BCUT2D eigenvalue weighted by atomic mass is 16.5. The number of nitrogens with one attached hydrogen (secondary N) is 1. The van der Waals surface area contributed by atoms with Crippen LogP contribution >= 0.6 is 0 Å². The number of imide groups is 1. The minimum Gasteiger partial charge on any atom is -0.490 e. The van der Waals surface area contributed by atoms with Crippen LogP contribution in [0.5, 0.6) is 11.5 Å². The zero-order chi connectivity index (χ0) is 21.3. The number of hydrogen-bond donors (Lipinski definition) is 1. The zero-order valence-electron chi connectivity index (χ0n) is 17.7. The third-order valence-corrected chi connectivity index (χ3v) is 5.29. The Bertz CT molecular complexity index is 815. The van der Waals surface area contributed by atoms with Gasteiger partial charge in [-0.3, -0.25) is 14.5 Å². The molecule has 2 aliphatic heterocycles. The van der Waals surface area contributed by atoms with Crippen molar-refractivity contribution in [3.63, 3.8) is 0 Å². The molecule has 2 heterocycles. The molecule has 0 aromatic heterocycles. The molecule has 0 spiro atoms. The second kappa shape index (κ2) is 7.93. The summed E-state index contributed by atoms with van der Waals surface area (Å²) >= 11 is 0. The van der Waals surface area contributed by atoms with Crippen molar-refractivity contribution < 1.29 is 23.9 Å². The molecule has 0 bridgehead atoms. The Labute approximate surface area is 171 Å². The first-order chi connectivity index (χ1) is 13.6. The van der Waals surface area contributed by atoms with Gasteiger partial charge in [-0.05, 0) is 52.3 Å². The Morgan fingerprint density at radius 2 is 1.76 bits per heavy atom. The number of rotatable bonds is 5. The Hall–Kier alpha value is -2.77. The fourth-order valence-corrected chi connectivity index (χ4v) is 3.90. The molecule has 0 radical (unpaired) electrons. The van der Waals surface area contributed by atoms with E-state index in [9.17, 15) is 14.4 Å². The summed E-state index contributed by atoms with van der Waals surface area (Å²) in [4.78, 5) is 41.2. The molecule has 1 fully saturated rings. The first kappa shape index (κ1) is 21.0. The van der Waals surface area contributed by atoms with Gasteiger partial charge in [-0.25, -0.2) is 4.79 Å². The third kappa shape index (κ3) is 3.88. The van der Waals surface area contributed by atoms with Crippen LogP contribution in [-0.2, 0) is 15.1 Å². The van der Waals surface area contributed by atoms with Crippen LogP contribution in [0.25, 0.3) is 0 Å². The van der Waals surface area contributed by atoms with Gasteiger partial charge in [0.25, 0.3) is 5.91 Å². The average molecular weight is 403 g/mol. The summed E-state index contributed by atoms with van der Waals surface area (Å²) in [7, 11) is 0. The number of urea groups is 1. The summed E-state index contributed by atoms with van der Waals surface area (Å²) in [6, 6.07) is 4.57. The molecule has 1 aromatic rings. The van der Waals surface area contributed by atoms with E-state index in [2.05, 4.69) is 5.32 Å². The topological polar surface area (TPSA) is 88.2 Å². The van der Waals surface area contributed by atoms with Crippen molar-refractivity contribution >= 4 is 17.8 Å². The van der Waals surface area contributed by atoms with Crippen molar-refractivity contribution in [2.24, 2.45) is 0 Å².